The molecule has 1 aromatic carbocycles. The van der Waals surface area contributed by atoms with E-state index in [1.807, 2.05) is 39.0 Å². The first-order valence-electron chi connectivity index (χ1n) is 10.0. The molecule has 0 radical (unpaired) electrons. The molecule has 2 fully saturated rings. The molecule has 0 aromatic heterocycles. The quantitative estimate of drug-likeness (QED) is 0.321. The fourth-order valence-electron chi connectivity index (χ4n) is 4.18. The van der Waals surface area contributed by atoms with Gasteiger partial charge in [-0.25, -0.2) is 8.42 Å². The Hall–Kier alpha value is -2.13. The fraction of sp³-hybridized carbons (Fsp3) is 0.565. The summed E-state index contributed by atoms with van der Waals surface area (Å²) in [7, 11) is -4.33. The van der Waals surface area contributed by atoms with Crippen molar-refractivity contribution in [3.05, 3.63) is 29.8 Å². The summed E-state index contributed by atoms with van der Waals surface area (Å²) < 4.78 is 32.7. The van der Waals surface area contributed by atoms with Gasteiger partial charge in [0.15, 0.2) is 0 Å². The van der Waals surface area contributed by atoms with Crippen molar-refractivity contribution >= 4 is 27.5 Å². The van der Waals surface area contributed by atoms with E-state index in [2.05, 4.69) is 11.4 Å². The van der Waals surface area contributed by atoms with E-state index < -0.39 is 21.3 Å². The molecular formula is C23H33N3O6PdS. The maximum Gasteiger partial charge on any atom is 2.00 e. The second-order valence-electron chi connectivity index (χ2n) is 8.28. The minimum absolute atomic E-state index is 0. The number of carbonyl (C=O) groups excluding carboxylic acids is 2. The van der Waals surface area contributed by atoms with Crippen LogP contribution in [0.15, 0.2) is 18.2 Å². The summed E-state index contributed by atoms with van der Waals surface area (Å²) in [5.41, 5.74) is 0.641. The third kappa shape index (κ3) is 10.4. The summed E-state index contributed by atoms with van der Waals surface area (Å²) in [4.78, 5) is 22.4. The van der Waals surface area contributed by atoms with Crippen molar-refractivity contribution in [1.29, 1.82) is 10.5 Å². The number of aryl methyl sites for hydroxylation is 1. The fourth-order valence-corrected chi connectivity index (χ4v) is 5.46. The van der Waals surface area contributed by atoms with E-state index in [4.69, 9.17) is 10.5 Å². The molecule has 3 N–H and O–H groups in total. The molecular weight excluding hydrogens is 553 g/mol. The van der Waals surface area contributed by atoms with Crippen LogP contribution in [0, 0.1) is 52.4 Å². The average molecular weight is 586 g/mol. The van der Waals surface area contributed by atoms with E-state index in [9.17, 15) is 22.6 Å². The first-order chi connectivity index (χ1) is 14.7. The Labute approximate surface area is 216 Å². The predicted octanol–water partition coefficient (Wildman–Crippen LogP) is 2.91. The summed E-state index contributed by atoms with van der Waals surface area (Å²) in [6.45, 7) is 10.2. The summed E-state index contributed by atoms with van der Waals surface area (Å²) in [5, 5.41) is 17.3. The minimum Gasteiger partial charge on any atom is -0.748 e. The molecule has 1 aromatic rings. The van der Waals surface area contributed by atoms with Gasteiger partial charge in [-0.2, -0.15) is 34.3 Å². The Bertz CT molecular complexity index is 969. The van der Waals surface area contributed by atoms with Gasteiger partial charge in [0.1, 0.15) is 5.78 Å². The SMILES string of the molecule is CC#N.CC#N.CC(=O)Nc1[c-]cc(C)cc1.CC1(C)[C@H]2CC[C@]1(CS(=O)(=O)[O-])C(=O)C2.O.[Pd+2]. The number of nitrogens with one attached hydrogen (secondary N) is 1. The Morgan fingerprint density at radius 3 is 2.06 bits per heavy atom. The van der Waals surface area contributed by atoms with Crippen LogP contribution in [0.2, 0.25) is 0 Å². The van der Waals surface area contributed by atoms with Crippen LogP contribution < -0.4 is 5.32 Å². The number of rotatable bonds is 3. The van der Waals surface area contributed by atoms with Gasteiger partial charge in [0.25, 0.3) is 0 Å². The van der Waals surface area contributed by atoms with Crippen LogP contribution in [-0.2, 0) is 40.1 Å². The molecule has 0 saturated heterocycles. The van der Waals surface area contributed by atoms with Crippen LogP contribution in [0.5, 0.6) is 0 Å². The number of hydrogen-bond acceptors (Lipinski definition) is 7. The van der Waals surface area contributed by atoms with E-state index in [1.165, 1.54) is 20.8 Å². The number of fused-ring (bicyclic) bond motifs is 2. The molecule has 0 heterocycles. The number of ketones is 1. The van der Waals surface area contributed by atoms with Crippen molar-refractivity contribution < 1.29 is 48.5 Å². The largest absolute Gasteiger partial charge is 2.00 e. The summed E-state index contributed by atoms with van der Waals surface area (Å²) in [6.07, 6.45) is 1.88. The molecule has 1 amide bonds. The molecule has 0 aliphatic heterocycles. The number of nitriles is 2. The van der Waals surface area contributed by atoms with Gasteiger partial charge in [-0.05, 0) is 24.2 Å². The van der Waals surface area contributed by atoms with Crippen LogP contribution >= 0.6 is 0 Å². The van der Waals surface area contributed by atoms with Crippen molar-refractivity contribution in [3.63, 3.8) is 0 Å². The zero-order valence-corrected chi connectivity index (χ0v) is 22.7. The smallest absolute Gasteiger partial charge is 0.748 e. The molecule has 0 spiro atoms. The van der Waals surface area contributed by atoms with Crippen LogP contribution in [0.1, 0.15) is 59.4 Å². The van der Waals surface area contributed by atoms with Crippen LogP contribution in [-0.4, -0.2) is 35.9 Å². The van der Waals surface area contributed by atoms with Gasteiger partial charge in [0.2, 0.25) is 5.91 Å². The third-order valence-electron chi connectivity index (χ3n) is 5.84. The average Bonchev–Trinajstić information content (AvgIpc) is 2.98. The van der Waals surface area contributed by atoms with Crippen molar-refractivity contribution in [3.8, 4) is 12.1 Å². The maximum atomic E-state index is 11.8. The first kappa shape index (κ1) is 36.4. The van der Waals surface area contributed by atoms with Gasteiger partial charge in [-0.15, -0.1) is 6.07 Å². The van der Waals surface area contributed by atoms with Gasteiger partial charge in [0, 0.05) is 32.6 Å². The second kappa shape index (κ2) is 15.7. The molecule has 192 valence electrons. The first-order valence-corrected chi connectivity index (χ1v) is 11.6. The molecule has 2 saturated carbocycles. The Morgan fingerprint density at radius 1 is 1.26 bits per heavy atom. The van der Waals surface area contributed by atoms with Crippen molar-refractivity contribution in [2.75, 3.05) is 11.1 Å². The maximum absolute atomic E-state index is 11.8. The van der Waals surface area contributed by atoms with Crippen molar-refractivity contribution in [2.24, 2.45) is 16.7 Å². The topological polar surface area (TPSA) is 182 Å². The molecule has 11 heteroatoms. The van der Waals surface area contributed by atoms with Crippen LogP contribution in [0.25, 0.3) is 0 Å². The van der Waals surface area contributed by atoms with Gasteiger partial charge in [-0.3, -0.25) is 9.59 Å². The van der Waals surface area contributed by atoms with Crippen molar-refractivity contribution in [2.45, 2.75) is 60.8 Å². The Morgan fingerprint density at radius 2 is 1.76 bits per heavy atom. The van der Waals surface area contributed by atoms with Gasteiger partial charge >= 0.3 is 20.4 Å². The summed E-state index contributed by atoms with van der Waals surface area (Å²) in [5.74, 6) is -0.345. The van der Waals surface area contributed by atoms with E-state index >= 15 is 0 Å². The van der Waals surface area contributed by atoms with Gasteiger partial charge in [-0.1, -0.05) is 26.5 Å². The normalized spacial score (nSPS) is 20.5. The number of hydrogen-bond donors (Lipinski definition) is 1. The van der Waals surface area contributed by atoms with Crippen molar-refractivity contribution in [1.82, 2.24) is 0 Å². The molecule has 34 heavy (non-hydrogen) atoms. The predicted molar refractivity (Wildman–Crippen MR) is 124 cm³/mol. The van der Waals surface area contributed by atoms with E-state index in [-0.39, 0.29) is 48.9 Å². The Kier molecular flexibility index (Phi) is 16.8. The molecule has 2 aliphatic carbocycles. The summed E-state index contributed by atoms with van der Waals surface area (Å²) >= 11 is 0. The van der Waals surface area contributed by atoms with E-state index in [0.29, 0.717) is 12.8 Å². The second-order valence-corrected chi connectivity index (χ2v) is 9.68. The molecule has 2 bridgehead atoms. The van der Waals surface area contributed by atoms with Crippen LogP contribution in [0.3, 0.4) is 0 Å². The molecule has 3 rings (SSSR count). The van der Waals surface area contributed by atoms with Gasteiger partial charge in [0.05, 0.1) is 28.0 Å². The monoisotopic (exact) mass is 585 g/mol. The zero-order valence-electron chi connectivity index (χ0n) is 20.3. The molecule has 2 atom stereocenters. The minimum atomic E-state index is -4.33. The third-order valence-corrected chi connectivity index (χ3v) is 6.69. The number of benzene rings is 1. The number of Topliss-reactive ketones (excluding diaryl/α,β-unsaturated/α-hetero) is 1. The van der Waals surface area contributed by atoms with Gasteiger partial charge < -0.3 is 15.3 Å². The standard InChI is InChI=1S/C10H16O4S.C9H10NO.2C2H3N.H2O.Pd/c1-9(2)7-3-4-10(9,8(11)5-7)6-15(12,13)14;1-7-3-5-9(6-4-7)10-8(2)11;2*1-2-3;;/h7H,3-6H2,1-2H3,(H,12,13,14);3-5H,1-2H3,(H,10,11);2*1H3;1H2;/q;-1;;;;+2/p-1/t7-,10-;;;;;/m0...../s1. The number of carbonyl (C=O) groups is 2. The number of anilines is 1. The molecule has 9 nitrogen and oxygen atoms in total. The van der Waals surface area contributed by atoms with Crippen LogP contribution in [0.4, 0.5) is 5.69 Å². The molecule has 0 unspecified atom stereocenters. The molecule has 2 aliphatic rings. The number of nitrogens with zero attached hydrogens (tertiary/aromatic N) is 2. The zero-order chi connectivity index (χ0) is 25.2. The summed E-state index contributed by atoms with van der Waals surface area (Å²) in [6, 6.07) is 12.0. The number of amides is 1. The van der Waals surface area contributed by atoms with E-state index in [0.717, 1.165) is 17.7 Å². The van der Waals surface area contributed by atoms with E-state index in [1.54, 1.807) is 12.1 Å². The Balaban J connectivity index is -0.000000449.